The Morgan fingerprint density at radius 2 is 2.29 bits per heavy atom. The Morgan fingerprint density at radius 3 is 2.94 bits per heavy atom. The largest absolute Gasteiger partial charge is 0.508 e. The number of hydrogen-bond acceptors (Lipinski definition) is 3. The van der Waals surface area contributed by atoms with Crippen LogP contribution in [0.1, 0.15) is 24.4 Å². The molecule has 1 aromatic rings. The quantitative estimate of drug-likeness (QED) is 0.839. The maximum Gasteiger partial charge on any atom is 0.303 e. The molecule has 4 heteroatoms. The molecule has 92 valence electrons. The second kappa shape index (κ2) is 4.75. The van der Waals surface area contributed by atoms with Gasteiger partial charge in [0.05, 0.1) is 6.42 Å². The molecular weight excluding hydrogens is 218 g/mol. The first-order chi connectivity index (χ1) is 8.08. The van der Waals surface area contributed by atoms with Crippen LogP contribution < -0.4 is 0 Å². The van der Waals surface area contributed by atoms with Crippen molar-refractivity contribution in [2.24, 2.45) is 5.92 Å². The zero-order valence-electron chi connectivity index (χ0n) is 9.84. The molecule has 0 unspecified atom stereocenters. The molecule has 1 saturated heterocycles. The lowest BCUT2D eigenvalue weighted by molar-refractivity contribution is -0.138. The number of phenolic OH excluding ortho intramolecular Hbond substituents is 1. The summed E-state index contributed by atoms with van der Waals surface area (Å²) in [5, 5.41) is 18.4. The third kappa shape index (κ3) is 2.58. The van der Waals surface area contributed by atoms with Crippen molar-refractivity contribution in [3.05, 3.63) is 29.8 Å². The Balaban J connectivity index is 2.24. The Kier molecular flexibility index (Phi) is 3.33. The standard InChI is InChI=1S/C13H17NO3/c1-14-6-5-10(8-12(16)17)13(14)9-3-2-4-11(15)7-9/h2-4,7,10,13,15H,5-6,8H2,1H3,(H,16,17)/t10-,13-/m1/s1. The molecule has 0 amide bonds. The smallest absolute Gasteiger partial charge is 0.303 e. The second-order valence-corrected chi connectivity index (χ2v) is 4.67. The number of carboxylic acids is 1. The number of phenols is 1. The molecule has 1 fully saturated rings. The van der Waals surface area contributed by atoms with Gasteiger partial charge in [-0.05, 0) is 43.6 Å². The third-order valence-corrected chi connectivity index (χ3v) is 3.42. The molecule has 0 aromatic heterocycles. The number of aromatic hydroxyl groups is 1. The topological polar surface area (TPSA) is 60.8 Å². The lowest BCUT2D eigenvalue weighted by atomic mass is 9.91. The minimum absolute atomic E-state index is 0.0956. The van der Waals surface area contributed by atoms with Crippen molar-refractivity contribution in [1.82, 2.24) is 4.90 Å². The maximum atomic E-state index is 10.8. The fraction of sp³-hybridized carbons (Fsp3) is 0.462. The highest BCUT2D eigenvalue weighted by Gasteiger charge is 2.34. The van der Waals surface area contributed by atoms with Crippen molar-refractivity contribution in [1.29, 1.82) is 0 Å². The van der Waals surface area contributed by atoms with Gasteiger partial charge in [0.2, 0.25) is 0 Å². The number of likely N-dealkylation sites (tertiary alicyclic amines) is 1. The van der Waals surface area contributed by atoms with Crippen LogP contribution in [-0.4, -0.2) is 34.7 Å². The zero-order valence-corrected chi connectivity index (χ0v) is 9.84. The van der Waals surface area contributed by atoms with Gasteiger partial charge < -0.3 is 10.2 Å². The van der Waals surface area contributed by atoms with Crippen molar-refractivity contribution in [3.63, 3.8) is 0 Å². The van der Waals surface area contributed by atoms with Crippen molar-refractivity contribution in [2.45, 2.75) is 18.9 Å². The fourth-order valence-electron chi connectivity index (χ4n) is 2.70. The predicted molar refractivity (Wildman–Crippen MR) is 63.8 cm³/mol. The maximum absolute atomic E-state index is 10.8. The molecule has 0 spiro atoms. The lowest BCUT2D eigenvalue weighted by Gasteiger charge is -2.24. The number of carboxylic acid groups (broad SMARTS) is 1. The van der Waals surface area contributed by atoms with Gasteiger partial charge in [-0.15, -0.1) is 0 Å². The van der Waals surface area contributed by atoms with Gasteiger partial charge in [-0.3, -0.25) is 9.69 Å². The van der Waals surface area contributed by atoms with Crippen LogP contribution >= 0.6 is 0 Å². The van der Waals surface area contributed by atoms with Gasteiger partial charge >= 0.3 is 5.97 Å². The van der Waals surface area contributed by atoms with Gasteiger partial charge in [0, 0.05) is 6.04 Å². The first-order valence-corrected chi connectivity index (χ1v) is 5.79. The molecule has 1 heterocycles. The molecule has 17 heavy (non-hydrogen) atoms. The summed E-state index contributed by atoms with van der Waals surface area (Å²) in [5.74, 6) is -0.397. The summed E-state index contributed by atoms with van der Waals surface area (Å²) in [4.78, 5) is 13.0. The highest BCUT2D eigenvalue weighted by atomic mass is 16.4. The normalized spacial score (nSPS) is 25.0. The van der Waals surface area contributed by atoms with Crippen molar-refractivity contribution < 1.29 is 15.0 Å². The summed E-state index contributed by atoms with van der Waals surface area (Å²) in [6, 6.07) is 7.19. The van der Waals surface area contributed by atoms with E-state index in [0.717, 1.165) is 18.5 Å². The molecule has 2 rings (SSSR count). The SMILES string of the molecule is CN1CC[C@H](CC(=O)O)[C@H]1c1cccc(O)c1. The van der Waals surface area contributed by atoms with Crippen molar-refractivity contribution in [3.8, 4) is 5.75 Å². The molecule has 0 bridgehead atoms. The third-order valence-electron chi connectivity index (χ3n) is 3.42. The first kappa shape index (κ1) is 11.9. The predicted octanol–water partition coefficient (Wildman–Crippen LogP) is 1.86. The minimum atomic E-state index is -0.754. The van der Waals surface area contributed by atoms with Gasteiger partial charge in [-0.25, -0.2) is 0 Å². The monoisotopic (exact) mass is 235 g/mol. The van der Waals surface area contributed by atoms with Crippen LogP contribution in [0.5, 0.6) is 5.75 Å². The molecule has 0 aliphatic carbocycles. The summed E-state index contributed by atoms with van der Waals surface area (Å²) in [6.45, 7) is 0.901. The van der Waals surface area contributed by atoms with E-state index in [9.17, 15) is 9.90 Å². The van der Waals surface area contributed by atoms with E-state index in [1.165, 1.54) is 0 Å². The number of aliphatic carboxylic acids is 1. The number of benzene rings is 1. The number of nitrogens with zero attached hydrogens (tertiary/aromatic N) is 1. The van der Waals surface area contributed by atoms with Crippen LogP contribution in [0.3, 0.4) is 0 Å². The molecule has 0 radical (unpaired) electrons. The van der Waals surface area contributed by atoms with Crippen LogP contribution in [0.15, 0.2) is 24.3 Å². The molecule has 1 aliphatic heterocycles. The molecule has 1 aromatic carbocycles. The van der Waals surface area contributed by atoms with E-state index >= 15 is 0 Å². The molecule has 1 aliphatic rings. The van der Waals surface area contributed by atoms with Gasteiger partial charge in [-0.1, -0.05) is 12.1 Å². The van der Waals surface area contributed by atoms with Gasteiger partial charge in [0.25, 0.3) is 0 Å². The van der Waals surface area contributed by atoms with E-state index in [4.69, 9.17) is 5.11 Å². The Morgan fingerprint density at radius 1 is 1.53 bits per heavy atom. The molecule has 0 saturated carbocycles. The molecule has 4 nitrogen and oxygen atoms in total. The van der Waals surface area contributed by atoms with Gasteiger partial charge in [-0.2, -0.15) is 0 Å². The summed E-state index contributed by atoms with van der Waals surface area (Å²) >= 11 is 0. The van der Waals surface area contributed by atoms with Crippen LogP contribution in [0.4, 0.5) is 0 Å². The van der Waals surface area contributed by atoms with Gasteiger partial charge in [0.15, 0.2) is 0 Å². The van der Waals surface area contributed by atoms with Crippen LogP contribution in [0.2, 0.25) is 0 Å². The van der Waals surface area contributed by atoms with Crippen LogP contribution in [-0.2, 0) is 4.79 Å². The average molecular weight is 235 g/mol. The Hall–Kier alpha value is -1.55. The van der Waals surface area contributed by atoms with Crippen LogP contribution in [0.25, 0.3) is 0 Å². The van der Waals surface area contributed by atoms with Gasteiger partial charge in [0.1, 0.15) is 5.75 Å². The van der Waals surface area contributed by atoms with E-state index < -0.39 is 5.97 Å². The van der Waals surface area contributed by atoms with E-state index in [0.29, 0.717) is 0 Å². The van der Waals surface area contributed by atoms with Crippen molar-refractivity contribution >= 4 is 5.97 Å². The highest BCUT2D eigenvalue weighted by molar-refractivity contribution is 5.67. The number of hydrogen-bond donors (Lipinski definition) is 2. The Bertz CT molecular complexity index is 419. The van der Waals surface area contributed by atoms with E-state index in [-0.39, 0.29) is 24.1 Å². The summed E-state index contributed by atoms with van der Waals surface area (Å²) in [5.41, 5.74) is 0.997. The average Bonchev–Trinajstić information content (AvgIpc) is 2.59. The molecule has 2 atom stereocenters. The number of carbonyl (C=O) groups is 1. The Labute approximate surface area is 100 Å². The molecular formula is C13H17NO3. The number of rotatable bonds is 3. The summed E-state index contributed by atoms with van der Waals surface area (Å²) in [7, 11) is 2.00. The zero-order chi connectivity index (χ0) is 12.4. The second-order valence-electron chi connectivity index (χ2n) is 4.67. The van der Waals surface area contributed by atoms with E-state index in [1.807, 2.05) is 13.1 Å². The van der Waals surface area contributed by atoms with E-state index in [2.05, 4.69) is 4.90 Å². The first-order valence-electron chi connectivity index (χ1n) is 5.79. The lowest BCUT2D eigenvalue weighted by Crippen LogP contribution is -2.22. The summed E-state index contributed by atoms with van der Waals surface area (Å²) in [6.07, 6.45) is 1.08. The highest BCUT2D eigenvalue weighted by Crippen LogP contribution is 2.38. The molecule has 2 N–H and O–H groups in total. The fourth-order valence-corrected chi connectivity index (χ4v) is 2.70. The minimum Gasteiger partial charge on any atom is -0.508 e. The summed E-state index contributed by atoms with van der Waals surface area (Å²) < 4.78 is 0. The van der Waals surface area contributed by atoms with Crippen molar-refractivity contribution in [2.75, 3.05) is 13.6 Å². The van der Waals surface area contributed by atoms with Crippen LogP contribution in [0, 0.1) is 5.92 Å². The van der Waals surface area contributed by atoms with E-state index in [1.54, 1.807) is 18.2 Å².